The van der Waals surface area contributed by atoms with Crippen LogP contribution in [0.3, 0.4) is 0 Å². The van der Waals surface area contributed by atoms with Crippen molar-refractivity contribution in [1.29, 1.82) is 0 Å². The summed E-state index contributed by atoms with van der Waals surface area (Å²) in [5.74, 6) is 0.655. The van der Waals surface area contributed by atoms with E-state index in [1.165, 1.54) is 0 Å². The van der Waals surface area contributed by atoms with E-state index in [1.807, 2.05) is 12.1 Å². The number of aliphatic hydroxyl groups is 1. The molecule has 2 rings (SSSR count). The zero-order valence-corrected chi connectivity index (χ0v) is 17.7. The second-order valence-electron chi connectivity index (χ2n) is 7.59. The number of rotatable bonds is 11. The van der Waals surface area contributed by atoms with Crippen molar-refractivity contribution >= 4 is 17.6 Å². The van der Waals surface area contributed by atoms with Crippen LogP contribution >= 0.6 is 0 Å². The first kappa shape index (κ1) is 22.5. The van der Waals surface area contributed by atoms with Gasteiger partial charge in [-0.25, -0.2) is 4.98 Å². The lowest BCUT2D eigenvalue weighted by molar-refractivity contribution is 0.0268. The lowest BCUT2D eigenvalue weighted by atomic mass is 10.2. The van der Waals surface area contributed by atoms with E-state index >= 15 is 0 Å². The Morgan fingerprint density at radius 1 is 1.14 bits per heavy atom. The molecule has 7 nitrogen and oxygen atoms in total. The molecule has 0 bridgehead atoms. The van der Waals surface area contributed by atoms with Crippen LogP contribution < -0.4 is 15.1 Å². The highest BCUT2D eigenvalue weighted by Crippen LogP contribution is 2.22. The van der Waals surface area contributed by atoms with Gasteiger partial charge in [0, 0.05) is 24.8 Å². The fourth-order valence-corrected chi connectivity index (χ4v) is 2.70. The van der Waals surface area contributed by atoms with Gasteiger partial charge in [0.05, 0.1) is 23.2 Å². The summed E-state index contributed by atoms with van der Waals surface area (Å²) in [6, 6.07) is 10.5. The van der Waals surface area contributed by atoms with E-state index < -0.39 is 5.60 Å². The van der Waals surface area contributed by atoms with Crippen LogP contribution in [0.5, 0.6) is 11.6 Å². The van der Waals surface area contributed by atoms with Gasteiger partial charge in [0.1, 0.15) is 12.4 Å². The van der Waals surface area contributed by atoms with Gasteiger partial charge in [0.15, 0.2) is 0 Å². The van der Waals surface area contributed by atoms with Gasteiger partial charge < -0.3 is 19.8 Å². The average Bonchev–Trinajstić information content (AvgIpc) is 2.67. The maximum atomic E-state index is 9.96. The molecule has 7 heteroatoms. The summed E-state index contributed by atoms with van der Waals surface area (Å²) in [5, 5.41) is 23.6. The van der Waals surface area contributed by atoms with Gasteiger partial charge in [-0.15, -0.1) is 0 Å². The number of benzene rings is 1. The monoisotopic (exact) mass is 400 g/mol. The Hall–Kier alpha value is -2.80. The molecule has 0 fully saturated rings. The number of hydrogen-bond acceptors (Lipinski definition) is 7. The zero-order chi connectivity index (χ0) is 21.3. The van der Waals surface area contributed by atoms with Crippen LogP contribution in [-0.2, 0) is 0 Å². The van der Waals surface area contributed by atoms with E-state index in [0.29, 0.717) is 11.6 Å². The van der Waals surface area contributed by atoms with Crippen molar-refractivity contribution in [1.82, 2.24) is 4.98 Å². The van der Waals surface area contributed by atoms with Crippen molar-refractivity contribution < 1.29 is 14.9 Å². The number of nitrogens with zero attached hydrogens (tertiary/aromatic N) is 3. The Morgan fingerprint density at radius 2 is 1.79 bits per heavy atom. The van der Waals surface area contributed by atoms with Crippen LogP contribution in [0, 0.1) is 0 Å². The lowest BCUT2D eigenvalue weighted by Gasteiger charge is -2.25. The Labute approximate surface area is 173 Å². The highest BCUT2D eigenvalue weighted by atomic mass is 16.5. The standard InChI is InChI=1S/C22H32N4O3/c1-5-11-26(12-6-2)19-13-18(24-21(14-19)29-16-22(3,4)28)15-23-25-17-7-9-20(27)10-8-17/h7-10,13-15,25,27-28H,5-6,11-12,16H2,1-4H3/b23-15+. The smallest absolute Gasteiger partial charge is 0.216 e. The molecule has 0 aliphatic rings. The first-order valence-corrected chi connectivity index (χ1v) is 10.0. The van der Waals surface area contributed by atoms with Crippen LogP contribution in [0.25, 0.3) is 0 Å². The number of aromatic nitrogens is 1. The zero-order valence-electron chi connectivity index (χ0n) is 17.7. The summed E-state index contributed by atoms with van der Waals surface area (Å²) in [4.78, 5) is 6.79. The third-order valence-corrected chi connectivity index (χ3v) is 3.99. The summed E-state index contributed by atoms with van der Waals surface area (Å²) in [6.45, 7) is 9.71. The third-order valence-electron chi connectivity index (χ3n) is 3.99. The molecular weight excluding hydrogens is 368 g/mol. The summed E-state index contributed by atoms with van der Waals surface area (Å²) in [5.41, 5.74) is 4.39. The van der Waals surface area contributed by atoms with Crippen molar-refractivity contribution in [2.24, 2.45) is 5.10 Å². The molecule has 0 radical (unpaired) electrons. The number of hydrogen-bond donors (Lipinski definition) is 3. The average molecular weight is 401 g/mol. The van der Waals surface area contributed by atoms with Crippen LogP contribution in [0.15, 0.2) is 41.5 Å². The normalized spacial score (nSPS) is 11.6. The van der Waals surface area contributed by atoms with Gasteiger partial charge in [-0.05, 0) is 57.0 Å². The van der Waals surface area contributed by atoms with Crippen molar-refractivity contribution in [3.8, 4) is 11.6 Å². The van der Waals surface area contributed by atoms with Crippen LogP contribution in [0.1, 0.15) is 46.2 Å². The first-order valence-electron chi connectivity index (χ1n) is 10.0. The van der Waals surface area contributed by atoms with E-state index in [4.69, 9.17) is 4.74 Å². The molecule has 29 heavy (non-hydrogen) atoms. The predicted molar refractivity (Wildman–Crippen MR) is 118 cm³/mol. The van der Waals surface area contributed by atoms with E-state index in [0.717, 1.165) is 37.3 Å². The Kier molecular flexibility index (Phi) is 8.27. The molecule has 158 valence electrons. The maximum Gasteiger partial charge on any atom is 0.216 e. The Balaban J connectivity index is 2.24. The highest BCUT2D eigenvalue weighted by molar-refractivity contribution is 5.80. The highest BCUT2D eigenvalue weighted by Gasteiger charge is 2.15. The molecule has 1 heterocycles. The van der Waals surface area contributed by atoms with Gasteiger partial charge in [0.25, 0.3) is 0 Å². The number of pyridine rings is 1. The van der Waals surface area contributed by atoms with Gasteiger partial charge >= 0.3 is 0 Å². The van der Waals surface area contributed by atoms with E-state index in [1.54, 1.807) is 44.3 Å². The number of ether oxygens (including phenoxy) is 1. The predicted octanol–water partition coefficient (Wildman–Crippen LogP) is 4.01. The van der Waals surface area contributed by atoms with Crippen molar-refractivity contribution in [2.45, 2.75) is 46.1 Å². The molecule has 0 spiro atoms. The van der Waals surface area contributed by atoms with Crippen molar-refractivity contribution in [3.05, 3.63) is 42.1 Å². The minimum Gasteiger partial charge on any atom is -0.508 e. The molecule has 3 N–H and O–H groups in total. The largest absolute Gasteiger partial charge is 0.508 e. The number of hydrazone groups is 1. The quantitative estimate of drug-likeness (QED) is 0.300. The fraction of sp³-hybridized carbons (Fsp3) is 0.455. The van der Waals surface area contributed by atoms with E-state index in [9.17, 15) is 10.2 Å². The molecule has 1 aromatic carbocycles. The second-order valence-corrected chi connectivity index (χ2v) is 7.59. The number of anilines is 2. The molecule has 0 saturated carbocycles. The molecule has 0 aliphatic carbocycles. The lowest BCUT2D eigenvalue weighted by Crippen LogP contribution is -2.28. The summed E-state index contributed by atoms with van der Waals surface area (Å²) in [6.07, 6.45) is 3.70. The summed E-state index contributed by atoms with van der Waals surface area (Å²) < 4.78 is 5.74. The number of phenolic OH excluding ortho intramolecular Hbond substituents is 1. The SMILES string of the molecule is CCCN(CCC)c1cc(/C=N/Nc2ccc(O)cc2)nc(OCC(C)(C)O)c1. The van der Waals surface area contributed by atoms with Crippen molar-refractivity contribution in [3.63, 3.8) is 0 Å². The van der Waals surface area contributed by atoms with E-state index in [2.05, 4.69) is 34.3 Å². The molecule has 0 atom stereocenters. The maximum absolute atomic E-state index is 9.96. The van der Waals surface area contributed by atoms with Gasteiger partial charge in [-0.2, -0.15) is 5.10 Å². The van der Waals surface area contributed by atoms with Crippen LogP contribution in [0.4, 0.5) is 11.4 Å². The molecule has 0 unspecified atom stereocenters. The molecule has 1 aromatic heterocycles. The van der Waals surface area contributed by atoms with Crippen LogP contribution in [-0.4, -0.2) is 46.7 Å². The van der Waals surface area contributed by atoms with Gasteiger partial charge in [0.2, 0.25) is 5.88 Å². The minimum atomic E-state index is -0.946. The fourth-order valence-electron chi connectivity index (χ4n) is 2.70. The molecule has 0 aliphatic heterocycles. The minimum absolute atomic E-state index is 0.146. The Bertz CT molecular complexity index is 780. The summed E-state index contributed by atoms with van der Waals surface area (Å²) in [7, 11) is 0. The first-order chi connectivity index (χ1) is 13.8. The topological polar surface area (TPSA) is 90.2 Å². The molecule has 0 saturated heterocycles. The Morgan fingerprint density at radius 3 is 2.38 bits per heavy atom. The molecular formula is C22H32N4O3. The molecule has 0 amide bonds. The van der Waals surface area contributed by atoms with Crippen LogP contribution in [0.2, 0.25) is 0 Å². The number of nitrogens with one attached hydrogen (secondary N) is 1. The van der Waals surface area contributed by atoms with Gasteiger partial charge in [-0.1, -0.05) is 13.8 Å². The molecule has 2 aromatic rings. The number of phenols is 1. The van der Waals surface area contributed by atoms with E-state index in [-0.39, 0.29) is 12.4 Å². The number of aromatic hydroxyl groups is 1. The summed E-state index contributed by atoms with van der Waals surface area (Å²) >= 11 is 0. The third kappa shape index (κ3) is 7.99. The van der Waals surface area contributed by atoms with Crippen molar-refractivity contribution in [2.75, 3.05) is 30.0 Å². The second kappa shape index (κ2) is 10.7. The van der Waals surface area contributed by atoms with Gasteiger partial charge in [-0.3, -0.25) is 5.43 Å².